The summed E-state index contributed by atoms with van der Waals surface area (Å²) < 4.78 is 43.8. The van der Waals surface area contributed by atoms with Gasteiger partial charge in [0.2, 0.25) is 0 Å². The third kappa shape index (κ3) is 4.49. The predicted molar refractivity (Wildman–Crippen MR) is 112 cm³/mol. The Balaban J connectivity index is 0.000000406. The summed E-state index contributed by atoms with van der Waals surface area (Å²) in [5, 5.41) is 10.4. The monoisotopic (exact) mass is 480 g/mol. The molecule has 1 atom stereocenters. The van der Waals surface area contributed by atoms with Gasteiger partial charge in [0.05, 0.1) is 36.7 Å². The molecule has 2 aromatic heterocycles. The number of rotatable bonds is 3. The quantitative estimate of drug-likeness (QED) is 0.585. The van der Waals surface area contributed by atoms with Crippen LogP contribution in [0.3, 0.4) is 0 Å². The fourth-order valence-corrected chi connectivity index (χ4v) is 3.31. The molecule has 1 aromatic carbocycles. The second kappa shape index (κ2) is 9.37. The van der Waals surface area contributed by atoms with Crippen LogP contribution in [0, 0.1) is 0 Å². The minimum absolute atomic E-state index is 0.273. The molecular formula is C21H19F3N4O6. The van der Waals surface area contributed by atoms with Crippen LogP contribution in [0.4, 0.5) is 13.2 Å². The number of carbonyl (C=O) groups is 2. The summed E-state index contributed by atoms with van der Waals surface area (Å²) in [7, 11) is 3.03. The lowest BCUT2D eigenvalue weighted by atomic mass is 10.1. The number of aliphatic carboxylic acids is 1. The zero-order chi connectivity index (χ0) is 25.2. The first kappa shape index (κ1) is 24.5. The summed E-state index contributed by atoms with van der Waals surface area (Å²) in [5.74, 6) is -1.42. The Hall–Kier alpha value is -4.16. The molecule has 0 saturated carbocycles. The molecular weight excluding hydrogens is 461 g/mol. The number of pyridine rings is 1. The fourth-order valence-electron chi connectivity index (χ4n) is 3.31. The number of fused-ring (bicyclic) bond motifs is 4. The third-order valence-corrected chi connectivity index (χ3v) is 4.91. The van der Waals surface area contributed by atoms with Crippen LogP contribution in [0.2, 0.25) is 0 Å². The second-order valence-electron chi connectivity index (χ2n) is 6.95. The van der Waals surface area contributed by atoms with Gasteiger partial charge in [0, 0.05) is 12.3 Å². The highest BCUT2D eigenvalue weighted by Crippen LogP contribution is 2.32. The molecule has 2 N–H and O–H groups in total. The first-order valence-electron chi connectivity index (χ1n) is 9.78. The number of halogens is 3. The maximum absolute atomic E-state index is 13.4. The summed E-state index contributed by atoms with van der Waals surface area (Å²) in [4.78, 5) is 43.9. The Bertz CT molecular complexity index is 1320. The van der Waals surface area contributed by atoms with Gasteiger partial charge in [-0.05, 0) is 24.6 Å². The maximum Gasteiger partial charge on any atom is 0.490 e. The van der Waals surface area contributed by atoms with Crippen LogP contribution in [0.1, 0.15) is 35.6 Å². The van der Waals surface area contributed by atoms with E-state index in [2.05, 4.69) is 15.3 Å². The normalized spacial score (nSPS) is 14.6. The summed E-state index contributed by atoms with van der Waals surface area (Å²) in [6.07, 6.45) is -2.96. The Morgan fingerprint density at radius 2 is 1.82 bits per heavy atom. The van der Waals surface area contributed by atoms with Crippen molar-refractivity contribution in [1.29, 1.82) is 0 Å². The van der Waals surface area contributed by atoms with E-state index in [4.69, 9.17) is 19.4 Å². The Morgan fingerprint density at radius 1 is 1.21 bits per heavy atom. The van der Waals surface area contributed by atoms with Crippen LogP contribution >= 0.6 is 0 Å². The van der Waals surface area contributed by atoms with E-state index in [0.717, 1.165) is 0 Å². The molecule has 0 fully saturated rings. The van der Waals surface area contributed by atoms with E-state index < -0.39 is 18.2 Å². The first-order chi connectivity index (χ1) is 16.0. The topological polar surface area (TPSA) is 133 Å². The van der Waals surface area contributed by atoms with E-state index in [0.29, 0.717) is 40.2 Å². The van der Waals surface area contributed by atoms with Crippen molar-refractivity contribution in [2.24, 2.45) is 0 Å². The number of amides is 1. The first-order valence-corrected chi connectivity index (χ1v) is 9.78. The molecule has 0 radical (unpaired) electrons. The van der Waals surface area contributed by atoms with Gasteiger partial charge < -0.3 is 19.9 Å². The van der Waals surface area contributed by atoms with Crippen molar-refractivity contribution >= 4 is 22.8 Å². The number of hydrogen-bond acceptors (Lipinski definition) is 7. The van der Waals surface area contributed by atoms with Gasteiger partial charge in [-0.3, -0.25) is 9.59 Å². The lowest BCUT2D eigenvalue weighted by molar-refractivity contribution is -0.192. The molecule has 1 amide bonds. The lowest BCUT2D eigenvalue weighted by Crippen LogP contribution is -2.30. The molecule has 3 aromatic rings. The molecule has 13 heteroatoms. The van der Waals surface area contributed by atoms with Crippen molar-refractivity contribution < 1.29 is 37.3 Å². The molecule has 10 nitrogen and oxygen atoms in total. The number of aromatic nitrogens is 3. The Labute approximate surface area is 190 Å². The molecule has 1 aliphatic rings. The number of benzene rings is 1. The van der Waals surface area contributed by atoms with Crippen molar-refractivity contribution in [1.82, 2.24) is 19.9 Å². The van der Waals surface area contributed by atoms with Crippen LogP contribution in [0.15, 0.2) is 35.3 Å². The van der Waals surface area contributed by atoms with Crippen molar-refractivity contribution in [3.05, 3.63) is 52.2 Å². The van der Waals surface area contributed by atoms with E-state index in [9.17, 15) is 22.8 Å². The number of carbonyl (C=O) groups excluding carboxylic acids is 1. The summed E-state index contributed by atoms with van der Waals surface area (Å²) in [6, 6.07) is 6.15. The molecule has 0 saturated heterocycles. The van der Waals surface area contributed by atoms with E-state index in [-0.39, 0.29) is 17.3 Å². The highest BCUT2D eigenvalue weighted by atomic mass is 19.4. The molecule has 180 valence electrons. The standard InChI is InChI=1S/C19H18N4O4.C2HF3O2/c1-4-12-17-21-13-9-15(27-3)14(26-2)8-11(13)19(25)23(17)16-10(18(24)22-12)6-5-7-20-16;3-2(4,5)1(6)7/h5-9,12H,4H2,1-3H3,(H,22,24);(H,6,7). The van der Waals surface area contributed by atoms with E-state index >= 15 is 0 Å². The van der Waals surface area contributed by atoms with Crippen LogP contribution in [0.25, 0.3) is 16.7 Å². The Kier molecular flexibility index (Phi) is 6.75. The van der Waals surface area contributed by atoms with Crippen molar-refractivity contribution in [2.75, 3.05) is 14.2 Å². The molecule has 34 heavy (non-hydrogen) atoms. The predicted octanol–water partition coefficient (Wildman–Crippen LogP) is 2.63. The number of carboxylic acid groups (broad SMARTS) is 1. The number of ether oxygens (including phenoxy) is 2. The number of alkyl halides is 3. The van der Waals surface area contributed by atoms with Crippen molar-refractivity contribution in [2.45, 2.75) is 25.6 Å². The number of nitrogens with zero attached hydrogens (tertiary/aromatic N) is 3. The average molecular weight is 480 g/mol. The van der Waals surface area contributed by atoms with Crippen LogP contribution in [-0.2, 0) is 4.79 Å². The highest BCUT2D eigenvalue weighted by Gasteiger charge is 2.38. The number of carboxylic acids is 1. The minimum atomic E-state index is -5.08. The highest BCUT2D eigenvalue weighted by molar-refractivity contribution is 5.98. The maximum atomic E-state index is 13.4. The zero-order valence-electron chi connectivity index (χ0n) is 18.1. The molecule has 0 aliphatic carbocycles. The van der Waals surface area contributed by atoms with Crippen LogP contribution in [0.5, 0.6) is 11.5 Å². The average Bonchev–Trinajstić information content (AvgIpc) is 2.92. The smallest absolute Gasteiger partial charge is 0.490 e. The van der Waals surface area contributed by atoms with Crippen molar-refractivity contribution in [3.63, 3.8) is 0 Å². The van der Waals surface area contributed by atoms with Gasteiger partial charge in [-0.2, -0.15) is 13.2 Å². The van der Waals surface area contributed by atoms with Gasteiger partial charge in [0.25, 0.3) is 11.5 Å². The number of methoxy groups -OCH3 is 2. The van der Waals surface area contributed by atoms with Gasteiger partial charge in [-0.15, -0.1) is 0 Å². The van der Waals surface area contributed by atoms with E-state index in [1.165, 1.54) is 18.8 Å². The Morgan fingerprint density at radius 3 is 2.38 bits per heavy atom. The molecule has 4 rings (SSSR count). The van der Waals surface area contributed by atoms with Gasteiger partial charge in [-0.25, -0.2) is 19.3 Å². The SMILES string of the molecule is CCC1NC(=O)c2cccnc2-n2c1nc1cc(OC)c(OC)cc1c2=O.O=C(O)C(F)(F)F. The number of nitrogens with one attached hydrogen (secondary N) is 1. The van der Waals surface area contributed by atoms with Gasteiger partial charge in [0.15, 0.2) is 17.3 Å². The largest absolute Gasteiger partial charge is 0.493 e. The molecule has 1 unspecified atom stereocenters. The van der Waals surface area contributed by atoms with Crippen LogP contribution in [-0.4, -0.2) is 51.9 Å². The van der Waals surface area contributed by atoms with Gasteiger partial charge in [-0.1, -0.05) is 6.92 Å². The molecule has 0 spiro atoms. The van der Waals surface area contributed by atoms with E-state index in [1.54, 1.807) is 30.5 Å². The van der Waals surface area contributed by atoms with Crippen molar-refractivity contribution in [3.8, 4) is 17.3 Å². The minimum Gasteiger partial charge on any atom is -0.493 e. The lowest BCUT2D eigenvalue weighted by Gasteiger charge is -2.18. The molecule has 1 aliphatic heterocycles. The van der Waals surface area contributed by atoms with Crippen LogP contribution < -0.4 is 20.3 Å². The molecule has 3 heterocycles. The number of hydrogen-bond donors (Lipinski definition) is 2. The third-order valence-electron chi connectivity index (χ3n) is 4.91. The summed E-state index contributed by atoms with van der Waals surface area (Å²) in [5.41, 5.74) is 0.486. The van der Waals surface area contributed by atoms with Gasteiger partial charge in [0.1, 0.15) is 5.82 Å². The fraction of sp³-hybridized carbons (Fsp3) is 0.286. The van der Waals surface area contributed by atoms with E-state index in [1.807, 2.05) is 6.92 Å². The zero-order valence-corrected chi connectivity index (χ0v) is 18.1. The molecule has 0 bridgehead atoms. The van der Waals surface area contributed by atoms with Gasteiger partial charge >= 0.3 is 12.1 Å². The summed E-state index contributed by atoms with van der Waals surface area (Å²) >= 11 is 0. The second-order valence-corrected chi connectivity index (χ2v) is 6.95. The summed E-state index contributed by atoms with van der Waals surface area (Å²) in [6.45, 7) is 1.92.